The quantitative estimate of drug-likeness (QED) is 0.453. The van der Waals surface area contributed by atoms with Crippen molar-refractivity contribution in [2.24, 2.45) is 5.92 Å². The molecule has 0 saturated carbocycles. The second-order valence-corrected chi connectivity index (χ2v) is 3.75. The summed E-state index contributed by atoms with van der Waals surface area (Å²) in [6.45, 7) is 6.70. The molecule has 15 heavy (non-hydrogen) atoms. The van der Waals surface area contributed by atoms with E-state index in [2.05, 4.69) is 19.9 Å². The Morgan fingerprint density at radius 3 is 2.60 bits per heavy atom. The summed E-state index contributed by atoms with van der Waals surface area (Å²) in [5.74, 6) is 0.499. The molecule has 0 radical (unpaired) electrons. The third-order valence-electron chi connectivity index (χ3n) is 2.45. The van der Waals surface area contributed by atoms with E-state index in [1.54, 1.807) is 0 Å². The van der Waals surface area contributed by atoms with E-state index in [4.69, 9.17) is 4.74 Å². The Labute approximate surface area is 93.7 Å². The molecule has 0 spiro atoms. The van der Waals surface area contributed by atoms with Crippen LogP contribution in [0.4, 0.5) is 0 Å². The topological polar surface area (TPSA) is 26.3 Å². The van der Waals surface area contributed by atoms with Crippen LogP contribution in [0.25, 0.3) is 0 Å². The highest BCUT2D eigenvalue weighted by Gasteiger charge is 2.01. The van der Waals surface area contributed by atoms with Gasteiger partial charge in [0.1, 0.15) is 0 Å². The zero-order chi connectivity index (χ0) is 11.5. The summed E-state index contributed by atoms with van der Waals surface area (Å²) in [5, 5.41) is 0. The fraction of sp³-hybridized carbons (Fsp3) is 0.769. The van der Waals surface area contributed by atoms with Crippen molar-refractivity contribution < 1.29 is 9.53 Å². The van der Waals surface area contributed by atoms with E-state index >= 15 is 0 Å². The molecule has 0 bridgehead atoms. The minimum Gasteiger partial charge on any atom is -0.466 e. The molecule has 0 aromatic carbocycles. The number of carbonyl (C=O) groups excluding carboxylic acids is 1. The number of allylic oxidation sites excluding steroid dienone is 1. The average molecular weight is 212 g/mol. The molecular formula is C13H24O2. The van der Waals surface area contributed by atoms with Crippen LogP contribution in [-0.2, 0) is 9.53 Å². The standard InChI is InChI=1S/C13H24O2/c1-4-7-9-12(5-2)10-8-11-13(14)15-6-3/h8,10,12H,4-7,9,11H2,1-3H3/b10-8+. The minimum atomic E-state index is -0.126. The minimum absolute atomic E-state index is 0.126. The molecule has 0 aromatic heterocycles. The third kappa shape index (κ3) is 8.22. The lowest BCUT2D eigenvalue weighted by atomic mass is 9.99. The summed E-state index contributed by atoms with van der Waals surface area (Å²) in [6, 6.07) is 0. The van der Waals surface area contributed by atoms with Gasteiger partial charge < -0.3 is 4.74 Å². The van der Waals surface area contributed by atoms with Crippen molar-refractivity contribution in [3.05, 3.63) is 12.2 Å². The second-order valence-electron chi connectivity index (χ2n) is 3.75. The highest BCUT2D eigenvalue weighted by atomic mass is 16.5. The summed E-state index contributed by atoms with van der Waals surface area (Å²) >= 11 is 0. The summed E-state index contributed by atoms with van der Waals surface area (Å²) in [4.78, 5) is 11.1. The Balaban J connectivity index is 3.74. The first-order chi connectivity index (χ1) is 7.24. The van der Waals surface area contributed by atoms with Gasteiger partial charge in [0, 0.05) is 0 Å². The van der Waals surface area contributed by atoms with Crippen LogP contribution >= 0.6 is 0 Å². The van der Waals surface area contributed by atoms with Gasteiger partial charge in [-0.3, -0.25) is 4.79 Å². The van der Waals surface area contributed by atoms with Crippen molar-refractivity contribution in [3.8, 4) is 0 Å². The summed E-state index contributed by atoms with van der Waals surface area (Å²) < 4.78 is 4.85. The molecule has 0 heterocycles. The van der Waals surface area contributed by atoms with Crippen molar-refractivity contribution in [1.29, 1.82) is 0 Å². The molecule has 0 aliphatic carbocycles. The van der Waals surface area contributed by atoms with Crippen LogP contribution in [0.1, 0.15) is 52.9 Å². The smallest absolute Gasteiger partial charge is 0.309 e. The molecular weight excluding hydrogens is 188 g/mol. The molecule has 0 aromatic rings. The molecule has 0 fully saturated rings. The number of rotatable bonds is 8. The van der Waals surface area contributed by atoms with Crippen LogP contribution in [0.15, 0.2) is 12.2 Å². The zero-order valence-electron chi connectivity index (χ0n) is 10.3. The lowest BCUT2D eigenvalue weighted by molar-refractivity contribution is -0.142. The SMILES string of the molecule is CCCCC(/C=C/CC(=O)OCC)CC. The molecule has 0 aliphatic heterocycles. The fourth-order valence-corrected chi connectivity index (χ4v) is 1.48. The van der Waals surface area contributed by atoms with Crippen molar-refractivity contribution >= 4 is 5.97 Å². The maximum absolute atomic E-state index is 11.1. The fourth-order valence-electron chi connectivity index (χ4n) is 1.48. The predicted molar refractivity (Wildman–Crippen MR) is 63.7 cm³/mol. The third-order valence-corrected chi connectivity index (χ3v) is 2.45. The van der Waals surface area contributed by atoms with Gasteiger partial charge in [-0.1, -0.05) is 38.8 Å². The van der Waals surface area contributed by atoms with E-state index < -0.39 is 0 Å². The normalized spacial score (nSPS) is 13.0. The largest absolute Gasteiger partial charge is 0.466 e. The Bertz CT molecular complexity index is 185. The van der Waals surface area contributed by atoms with Crippen molar-refractivity contribution in [3.63, 3.8) is 0 Å². The first kappa shape index (κ1) is 14.2. The van der Waals surface area contributed by atoms with E-state index in [1.807, 2.05) is 13.0 Å². The number of ether oxygens (including phenoxy) is 1. The number of carbonyl (C=O) groups is 1. The Kier molecular flexibility index (Phi) is 9.24. The molecule has 1 unspecified atom stereocenters. The number of hydrogen-bond acceptors (Lipinski definition) is 2. The molecule has 0 saturated heterocycles. The maximum Gasteiger partial charge on any atom is 0.309 e. The van der Waals surface area contributed by atoms with Gasteiger partial charge in [-0.05, 0) is 25.7 Å². The maximum atomic E-state index is 11.1. The molecule has 0 N–H and O–H groups in total. The van der Waals surface area contributed by atoms with Gasteiger partial charge in [0.15, 0.2) is 0 Å². The molecule has 88 valence electrons. The summed E-state index contributed by atoms with van der Waals surface area (Å²) in [6.07, 6.45) is 9.40. The summed E-state index contributed by atoms with van der Waals surface area (Å²) in [7, 11) is 0. The van der Waals surface area contributed by atoms with Crippen molar-refractivity contribution in [2.45, 2.75) is 52.9 Å². The molecule has 2 nitrogen and oxygen atoms in total. The van der Waals surface area contributed by atoms with Gasteiger partial charge in [0.25, 0.3) is 0 Å². The van der Waals surface area contributed by atoms with Crippen LogP contribution in [0, 0.1) is 5.92 Å². The van der Waals surface area contributed by atoms with Gasteiger partial charge in [0.2, 0.25) is 0 Å². The summed E-state index contributed by atoms with van der Waals surface area (Å²) in [5.41, 5.74) is 0. The Hall–Kier alpha value is -0.790. The highest BCUT2D eigenvalue weighted by molar-refractivity contribution is 5.71. The van der Waals surface area contributed by atoms with Gasteiger partial charge in [-0.15, -0.1) is 0 Å². The van der Waals surface area contributed by atoms with Crippen LogP contribution in [0.3, 0.4) is 0 Å². The van der Waals surface area contributed by atoms with Crippen LogP contribution in [-0.4, -0.2) is 12.6 Å². The van der Waals surface area contributed by atoms with E-state index in [0.29, 0.717) is 18.9 Å². The van der Waals surface area contributed by atoms with E-state index in [9.17, 15) is 4.79 Å². The van der Waals surface area contributed by atoms with E-state index in [1.165, 1.54) is 19.3 Å². The van der Waals surface area contributed by atoms with Gasteiger partial charge in [-0.25, -0.2) is 0 Å². The van der Waals surface area contributed by atoms with Crippen molar-refractivity contribution in [1.82, 2.24) is 0 Å². The second kappa shape index (κ2) is 9.75. The highest BCUT2D eigenvalue weighted by Crippen LogP contribution is 2.14. The van der Waals surface area contributed by atoms with Gasteiger partial charge in [0.05, 0.1) is 13.0 Å². The molecule has 0 amide bonds. The van der Waals surface area contributed by atoms with Crippen LogP contribution in [0.2, 0.25) is 0 Å². The Morgan fingerprint density at radius 1 is 1.33 bits per heavy atom. The number of unbranched alkanes of at least 4 members (excludes halogenated alkanes) is 1. The molecule has 1 atom stereocenters. The molecule has 0 aliphatic rings. The number of esters is 1. The lowest BCUT2D eigenvalue weighted by Gasteiger charge is -2.08. The van der Waals surface area contributed by atoms with Gasteiger partial charge in [-0.2, -0.15) is 0 Å². The van der Waals surface area contributed by atoms with Gasteiger partial charge >= 0.3 is 5.97 Å². The lowest BCUT2D eigenvalue weighted by Crippen LogP contribution is -2.02. The molecule has 2 heteroatoms. The van der Waals surface area contributed by atoms with Crippen molar-refractivity contribution in [2.75, 3.05) is 6.61 Å². The van der Waals surface area contributed by atoms with E-state index in [0.717, 1.165) is 6.42 Å². The predicted octanol–water partition coefficient (Wildman–Crippen LogP) is 3.71. The monoisotopic (exact) mass is 212 g/mol. The zero-order valence-corrected chi connectivity index (χ0v) is 10.3. The first-order valence-corrected chi connectivity index (χ1v) is 6.06. The van der Waals surface area contributed by atoms with Crippen LogP contribution < -0.4 is 0 Å². The molecule has 0 rings (SSSR count). The average Bonchev–Trinajstić information content (AvgIpc) is 2.23. The van der Waals surface area contributed by atoms with Crippen LogP contribution in [0.5, 0.6) is 0 Å². The Morgan fingerprint density at radius 2 is 2.07 bits per heavy atom. The first-order valence-electron chi connectivity index (χ1n) is 6.06. The number of hydrogen-bond donors (Lipinski definition) is 0. The van der Waals surface area contributed by atoms with E-state index in [-0.39, 0.29) is 5.97 Å².